The highest BCUT2D eigenvalue weighted by molar-refractivity contribution is 6.32. The number of rotatable bonds is 4. The summed E-state index contributed by atoms with van der Waals surface area (Å²) in [7, 11) is 3.19. The average molecular weight is 326 g/mol. The van der Waals surface area contributed by atoms with Crippen LogP contribution in [0.2, 0.25) is 5.02 Å². The molecule has 3 rings (SSSR count). The molecule has 0 aliphatic carbocycles. The van der Waals surface area contributed by atoms with Crippen molar-refractivity contribution < 1.29 is 9.47 Å². The molecule has 0 saturated carbocycles. The van der Waals surface area contributed by atoms with Gasteiger partial charge in [-0.2, -0.15) is 0 Å². The van der Waals surface area contributed by atoms with E-state index < -0.39 is 0 Å². The summed E-state index contributed by atoms with van der Waals surface area (Å²) in [4.78, 5) is 4.61. The topological polar surface area (TPSA) is 31.4 Å². The molecule has 0 aliphatic heterocycles. The van der Waals surface area contributed by atoms with Gasteiger partial charge in [-0.3, -0.25) is 0 Å². The number of nitrogens with zero attached hydrogens (tertiary/aromatic N) is 1. The minimum absolute atomic E-state index is 0.597. The first-order valence-corrected chi connectivity index (χ1v) is 7.54. The molecule has 0 spiro atoms. The standard InChI is InChI=1S/C19H16ClNO2/c1-22-18-11-14(16(20)12-19(18)23-2)8-10-15-9-7-13-5-3-4-6-17(13)21-15/h3-12H,1-2H3. The third kappa shape index (κ3) is 3.30. The van der Waals surface area contributed by atoms with Gasteiger partial charge in [0.05, 0.1) is 30.5 Å². The highest BCUT2D eigenvalue weighted by atomic mass is 35.5. The fraction of sp³-hybridized carbons (Fsp3) is 0.105. The Labute approximate surface area is 140 Å². The maximum absolute atomic E-state index is 6.29. The number of aromatic nitrogens is 1. The second-order valence-corrected chi connectivity index (χ2v) is 5.40. The summed E-state index contributed by atoms with van der Waals surface area (Å²) >= 11 is 6.29. The van der Waals surface area contributed by atoms with Gasteiger partial charge in [-0.15, -0.1) is 0 Å². The predicted molar refractivity (Wildman–Crippen MR) is 95.2 cm³/mol. The summed E-state index contributed by atoms with van der Waals surface area (Å²) in [6, 6.07) is 15.6. The Morgan fingerprint density at radius 1 is 0.913 bits per heavy atom. The van der Waals surface area contributed by atoms with E-state index in [1.54, 1.807) is 20.3 Å². The quantitative estimate of drug-likeness (QED) is 0.670. The monoisotopic (exact) mass is 325 g/mol. The second-order valence-electron chi connectivity index (χ2n) is 4.99. The van der Waals surface area contributed by atoms with Gasteiger partial charge in [0.25, 0.3) is 0 Å². The van der Waals surface area contributed by atoms with Gasteiger partial charge in [0.2, 0.25) is 0 Å². The largest absolute Gasteiger partial charge is 0.493 e. The van der Waals surface area contributed by atoms with E-state index in [4.69, 9.17) is 21.1 Å². The normalized spacial score (nSPS) is 11.1. The molecule has 1 aromatic heterocycles. The number of para-hydroxylation sites is 1. The van der Waals surface area contributed by atoms with Crippen molar-refractivity contribution in [1.82, 2.24) is 4.98 Å². The van der Waals surface area contributed by atoms with Crippen molar-refractivity contribution in [2.24, 2.45) is 0 Å². The minimum atomic E-state index is 0.597. The van der Waals surface area contributed by atoms with Gasteiger partial charge in [0.15, 0.2) is 11.5 Å². The molecule has 116 valence electrons. The first kappa shape index (κ1) is 15.4. The Balaban J connectivity index is 1.94. The Morgan fingerprint density at radius 3 is 2.43 bits per heavy atom. The average Bonchev–Trinajstić information content (AvgIpc) is 2.60. The van der Waals surface area contributed by atoms with Gasteiger partial charge >= 0.3 is 0 Å². The lowest BCUT2D eigenvalue weighted by Gasteiger charge is -2.09. The molecule has 0 unspecified atom stereocenters. The van der Waals surface area contributed by atoms with Crippen LogP contribution in [-0.4, -0.2) is 19.2 Å². The molecule has 4 heteroatoms. The summed E-state index contributed by atoms with van der Waals surface area (Å²) in [5.41, 5.74) is 2.68. The van der Waals surface area contributed by atoms with Crippen molar-refractivity contribution in [1.29, 1.82) is 0 Å². The molecule has 0 amide bonds. The van der Waals surface area contributed by atoms with E-state index in [0.29, 0.717) is 16.5 Å². The van der Waals surface area contributed by atoms with E-state index in [2.05, 4.69) is 11.1 Å². The molecule has 1 heterocycles. The first-order chi connectivity index (χ1) is 11.2. The molecule has 0 fully saturated rings. The number of methoxy groups -OCH3 is 2. The van der Waals surface area contributed by atoms with Crippen LogP contribution in [0.25, 0.3) is 23.1 Å². The number of hydrogen-bond acceptors (Lipinski definition) is 3. The molecule has 0 atom stereocenters. The summed E-state index contributed by atoms with van der Waals surface area (Å²) in [5.74, 6) is 1.25. The Morgan fingerprint density at radius 2 is 1.65 bits per heavy atom. The third-order valence-corrected chi connectivity index (χ3v) is 3.88. The molecule has 0 N–H and O–H groups in total. The molecule has 0 bridgehead atoms. The minimum Gasteiger partial charge on any atom is -0.493 e. The molecule has 0 saturated heterocycles. The van der Waals surface area contributed by atoms with Crippen molar-refractivity contribution in [2.75, 3.05) is 14.2 Å². The second kappa shape index (κ2) is 6.71. The Hall–Kier alpha value is -2.52. The lowest BCUT2D eigenvalue weighted by molar-refractivity contribution is 0.355. The number of halogens is 1. The van der Waals surface area contributed by atoms with Crippen LogP contribution < -0.4 is 9.47 Å². The van der Waals surface area contributed by atoms with Crippen LogP contribution in [0.4, 0.5) is 0 Å². The van der Waals surface area contributed by atoms with Crippen LogP contribution in [-0.2, 0) is 0 Å². The first-order valence-electron chi connectivity index (χ1n) is 7.16. The molecular formula is C19H16ClNO2. The third-order valence-electron chi connectivity index (χ3n) is 3.56. The van der Waals surface area contributed by atoms with Gasteiger partial charge in [0.1, 0.15) is 0 Å². The van der Waals surface area contributed by atoms with E-state index in [1.165, 1.54) is 0 Å². The van der Waals surface area contributed by atoms with E-state index in [0.717, 1.165) is 22.2 Å². The highest BCUT2D eigenvalue weighted by Gasteiger charge is 2.08. The summed E-state index contributed by atoms with van der Waals surface area (Å²) < 4.78 is 10.5. The van der Waals surface area contributed by atoms with Gasteiger partial charge in [-0.1, -0.05) is 41.9 Å². The summed E-state index contributed by atoms with van der Waals surface area (Å²) in [5, 5.41) is 1.72. The smallest absolute Gasteiger partial charge is 0.162 e. The fourth-order valence-corrected chi connectivity index (χ4v) is 2.56. The lowest BCUT2D eigenvalue weighted by Crippen LogP contribution is -1.91. The molecule has 3 nitrogen and oxygen atoms in total. The van der Waals surface area contributed by atoms with Gasteiger partial charge < -0.3 is 9.47 Å². The van der Waals surface area contributed by atoms with Crippen LogP contribution in [0.3, 0.4) is 0 Å². The zero-order valence-corrected chi connectivity index (χ0v) is 13.7. The summed E-state index contributed by atoms with van der Waals surface area (Å²) in [6.45, 7) is 0. The van der Waals surface area contributed by atoms with E-state index in [-0.39, 0.29) is 0 Å². The van der Waals surface area contributed by atoms with Crippen molar-refractivity contribution in [3.8, 4) is 11.5 Å². The maximum atomic E-state index is 6.29. The van der Waals surface area contributed by atoms with E-state index in [9.17, 15) is 0 Å². The molecular weight excluding hydrogens is 310 g/mol. The van der Waals surface area contributed by atoms with Crippen molar-refractivity contribution in [3.05, 3.63) is 64.8 Å². The fourth-order valence-electron chi connectivity index (χ4n) is 2.35. The zero-order chi connectivity index (χ0) is 16.2. The lowest BCUT2D eigenvalue weighted by atomic mass is 10.1. The Kier molecular flexibility index (Phi) is 4.49. The SMILES string of the molecule is COc1cc(Cl)c(C=Cc2ccc3ccccc3n2)cc1OC. The van der Waals surface area contributed by atoms with E-state index in [1.807, 2.05) is 48.6 Å². The van der Waals surface area contributed by atoms with Gasteiger partial charge in [0, 0.05) is 11.5 Å². The van der Waals surface area contributed by atoms with Crippen molar-refractivity contribution in [2.45, 2.75) is 0 Å². The van der Waals surface area contributed by atoms with Crippen LogP contribution in [0, 0.1) is 0 Å². The van der Waals surface area contributed by atoms with Gasteiger partial charge in [-0.05, 0) is 29.8 Å². The van der Waals surface area contributed by atoms with Crippen LogP contribution in [0.15, 0.2) is 48.5 Å². The number of ether oxygens (including phenoxy) is 2. The Bertz CT molecular complexity index is 874. The van der Waals surface area contributed by atoms with E-state index >= 15 is 0 Å². The predicted octanol–water partition coefficient (Wildman–Crippen LogP) is 5.08. The highest BCUT2D eigenvalue weighted by Crippen LogP contribution is 2.33. The molecule has 23 heavy (non-hydrogen) atoms. The molecule has 2 aromatic carbocycles. The van der Waals surface area contributed by atoms with Gasteiger partial charge in [-0.25, -0.2) is 4.98 Å². The summed E-state index contributed by atoms with van der Waals surface area (Å²) in [6.07, 6.45) is 3.85. The van der Waals surface area contributed by atoms with Crippen molar-refractivity contribution in [3.63, 3.8) is 0 Å². The molecule has 0 aliphatic rings. The number of hydrogen-bond donors (Lipinski definition) is 0. The van der Waals surface area contributed by atoms with Crippen molar-refractivity contribution >= 4 is 34.7 Å². The maximum Gasteiger partial charge on any atom is 0.162 e. The zero-order valence-electron chi connectivity index (χ0n) is 12.9. The molecule has 3 aromatic rings. The number of fused-ring (bicyclic) bond motifs is 1. The number of benzene rings is 2. The van der Waals surface area contributed by atoms with Crippen LogP contribution in [0.5, 0.6) is 11.5 Å². The number of pyridine rings is 1. The molecule has 0 radical (unpaired) electrons. The van der Waals surface area contributed by atoms with Crippen LogP contribution in [0.1, 0.15) is 11.3 Å². The van der Waals surface area contributed by atoms with Crippen LogP contribution >= 0.6 is 11.6 Å².